The summed E-state index contributed by atoms with van der Waals surface area (Å²) in [4.78, 5) is 11.5. The number of thiazole rings is 1. The number of hydrogen-bond donors (Lipinski definition) is 3. The molecule has 1 aromatic heterocycles. The van der Waals surface area contributed by atoms with Crippen LogP contribution in [0.3, 0.4) is 0 Å². The van der Waals surface area contributed by atoms with E-state index >= 15 is 0 Å². The Morgan fingerprint density at radius 1 is 1.39 bits per heavy atom. The van der Waals surface area contributed by atoms with Crippen LogP contribution in [-0.2, 0) is 11.2 Å². The van der Waals surface area contributed by atoms with Gasteiger partial charge in [0, 0.05) is 50.4 Å². The summed E-state index contributed by atoms with van der Waals surface area (Å²) in [6, 6.07) is 0. The zero-order chi connectivity index (χ0) is 19.7. The number of nitrogens with one attached hydrogen (secondary N) is 2. The molecule has 1 fully saturated rings. The van der Waals surface area contributed by atoms with Gasteiger partial charge in [0.25, 0.3) is 0 Å². The fourth-order valence-corrected chi connectivity index (χ4v) is 3.76. The van der Waals surface area contributed by atoms with Crippen molar-refractivity contribution in [2.24, 2.45) is 4.99 Å². The molecule has 2 heterocycles. The third-order valence-electron chi connectivity index (χ3n) is 4.33. The molecule has 1 unspecified atom stereocenters. The minimum atomic E-state index is -0.860. The monoisotopic (exact) mass is 525 g/mol. The van der Waals surface area contributed by atoms with E-state index in [9.17, 15) is 5.11 Å². The molecule has 0 aromatic carbocycles. The first-order valence-electron chi connectivity index (χ1n) is 9.88. The number of aromatic nitrogens is 1. The van der Waals surface area contributed by atoms with Gasteiger partial charge in [-0.15, -0.1) is 35.3 Å². The van der Waals surface area contributed by atoms with Gasteiger partial charge in [-0.3, -0.25) is 9.89 Å². The Balaban J connectivity index is 0.00000392. The minimum Gasteiger partial charge on any atom is -0.387 e. The molecule has 162 valence electrons. The molecule has 0 radical (unpaired) electrons. The van der Waals surface area contributed by atoms with Crippen LogP contribution in [0.1, 0.15) is 44.3 Å². The van der Waals surface area contributed by atoms with E-state index in [2.05, 4.69) is 44.7 Å². The molecule has 0 spiro atoms. The van der Waals surface area contributed by atoms with Crippen LogP contribution in [0.25, 0.3) is 0 Å². The van der Waals surface area contributed by atoms with E-state index in [1.54, 1.807) is 11.3 Å². The van der Waals surface area contributed by atoms with Gasteiger partial charge < -0.3 is 20.5 Å². The third-order valence-corrected chi connectivity index (χ3v) is 5.52. The second-order valence-electron chi connectivity index (χ2n) is 7.59. The summed E-state index contributed by atoms with van der Waals surface area (Å²) in [7, 11) is 0. The summed E-state index contributed by atoms with van der Waals surface area (Å²) in [5.41, 5.74) is 0.257. The molecule has 0 bridgehead atoms. The molecular weight excluding hydrogens is 489 g/mol. The highest BCUT2D eigenvalue weighted by Crippen LogP contribution is 2.19. The van der Waals surface area contributed by atoms with E-state index in [0.717, 1.165) is 57.5 Å². The normalized spacial score (nSPS) is 17.9. The third kappa shape index (κ3) is 9.34. The summed E-state index contributed by atoms with van der Waals surface area (Å²) in [5.74, 6) is 1.21. The maximum Gasteiger partial charge on any atom is 0.191 e. The van der Waals surface area contributed by atoms with E-state index in [1.807, 2.05) is 13.8 Å². The Morgan fingerprint density at radius 2 is 2.11 bits per heavy atom. The van der Waals surface area contributed by atoms with E-state index < -0.39 is 5.60 Å². The molecule has 1 aromatic rings. The van der Waals surface area contributed by atoms with Crippen LogP contribution in [0, 0.1) is 0 Å². The van der Waals surface area contributed by atoms with Gasteiger partial charge in [0.15, 0.2) is 5.96 Å². The lowest BCUT2D eigenvalue weighted by Crippen LogP contribution is -2.48. The average molecular weight is 526 g/mol. The first-order chi connectivity index (χ1) is 12.9. The molecule has 0 aliphatic carbocycles. The van der Waals surface area contributed by atoms with E-state index in [4.69, 9.17) is 4.74 Å². The molecule has 1 saturated heterocycles. The highest BCUT2D eigenvalue weighted by Gasteiger charge is 2.25. The van der Waals surface area contributed by atoms with Crippen molar-refractivity contribution < 1.29 is 9.84 Å². The summed E-state index contributed by atoms with van der Waals surface area (Å²) < 4.78 is 5.36. The van der Waals surface area contributed by atoms with Gasteiger partial charge in [-0.2, -0.15) is 0 Å². The SMILES string of the molecule is CCNC(=NCC(C)(O)CN1CCOCC1)NCCc1csc(C(C)C)n1.I. The van der Waals surface area contributed by atoms with Gasteiger partial charge in [0.05, 0.1) is 36.1 Å². The number of β-amino-alcohol motifs (C(OH)–C–C–N with tert-alkyl or cyclic N) is 1. The van der Waals surface area contributed by atoms with Crippen LogP contribution >= 0.6 is 35.3 Å². The van der Waals surface area contributed by atoms with Crippen LogP contribution in [0.15, 0.2) is 10.4 Å². The fourth-order valence-electron chi connectivity index (χ4n) is 2.89. The van der Waals surface area contributed by atoms with Crippen molar-refractivity contribution in [2.75, 3.05) is 52.5 Å². The van der Waals surface area contributed by atoms with E-state index in [1.165, 1.54) is 5.01 Å². The molecule has 1 aliphatic heterocycles. The Kier molecular flexibility index (Phi) is 11.8. The van der Waals surface area contributed by atoms with Gasteiger partial charge in [0.1, 0.15) is 0 Å². The predicted molar refractivity (Wildman–Crippen MR) is 127 cm³/mol. The Hall–Kier alpha value is -0.490. The summed E-state index contributed by atoms with van der Waals surface area (Å²) in [6.45, 7) is 13.9. The Bertz CT molecular complexity index is 589. The summed E-state index contributed by atoms with van der Waals surface area (Å²) in [5, 5.41) is 20.6. The molecule has 0 amide bonds. The van der Waals surface area contributed by atoms with Gasteiger partial charge in [0.2, 0.25) is 0 Å². The molecule has 9 heteroatoms. The Morgan fingerprint density at radius 3 is 2.71 bits per heavy atom. The van der Waals surface area contributed by atoms with Crippen molar-refractivity contribution in [1.29, 1.82) is 0 Å². The van der Waals surface area contributed by atoms with E-state index in [0.29, 0.717) is 19.0 Å². The van der Waals surface area contributed by atoms with Crippen molar-refractivity contribution in [1.82, 2.24) is 20.5 Å². The number of guanidine groups is 1. The van der Waals surface area contributed by atoms with Crippen molar-refractivity contribution in [3.8, 4) is 0 Å². The number of aliphatic imine (C=N–C) groups is 1. The number of halogens is 1. The lowest BCUT2D eigenvalue weighted by Gasteiger charge is -2.33. The first kappa shape index (κ1) is 25.5. The molecule has 3 N–H and O–H groups in total. The van der Waals surface area contributed by atoms with Crippen molar-refractivity contribution >= 4 is 41.3 Å². The Labute approximate surface area is 190 Å². The molecule has 2 rings (SSSR count). The standard InChI is InChI=1S/C19H35N5O2S.HI/c1-5-20-18(21-7-6-16-12-27-17(23-16)15(2)3)22-13-19(4,25)14-24-8-10-26-11-9-24;/h12,15,25H,5-11,13-14H2,1-4H3,(H2,20,21,22);1H. The topological polar surface area (TPSA) is 82.0 Å². The number of hydrogen-bond acceptors (Lipinski definition) is 6. The maximum absolute atomic E-state index is 10.7. The highest BCUT2D eigenvalue weighted by atomic mass is 127. The second-order valence-corrected chi connectivity index (χ2v) is 8.48. The second kappa shape index (κ2) is 12.9. The number of ether oxygens (including phenoxy) is 1. The summed E-state index contributed by atoms with van der Waals surface area (Å²) in [6.07, 6.45) is 0.859. The van der Waals surface area contributed by atoms with Gasteiger partial charge in [-0.1, -0.05) is 13.8 Å². The van der Waals surface area contributed by atoms with Crippen LogP contribution in [0.5, 0.6) is 0 Å². The van der Waals surface area contributed by atoms with Crippen LogP contribution in [0.2, 0.25) is 0 Å². The molecule has 0 saturated carbocycles. The van der Waals surface area contributed by atoms with Crippen molar-refractivity contribution in [3.05, 3.63) is 16.1 Å². The zero-order valence-corrected chi connectivity index (χ0v) is 20.7. The number of rotatable bonds is 9. The van der Waals surface area contributed by atoms with Gasteiger partial charge in [-0.25, -0.2) is 4.98 Å². The largest absolute Gasteiger partial charge is 0.387 e. The maximum atomic E-state index is 10.7. The van der Waals surface area contributed by atoms with Crippen LogP contribution in [0.4, 0.5) is 0 Å². The van der Waals surface area contributed by atoms with Crippen molar-refractivity contribution in [2.45, 2.75) is 45.6 Å². The lowest BCUT2D eigenvalue weighted by molar-refractivity contribution is -0.0179. The zero-order valence-electron chi connectivity index (χ0n) is 17.5. The summed E-state index contributed by atoms with van der Waals surface area (Å²) >= 11 is 1.73. The molecule has 1 aliphatic rings. The minimum absolute atomic E-state index is 0. The molecule has 28 heavy (non-hydrogen) atoms. The van der Waals surface area contributed by atoms with Gasteiger partial charge in [-0.05, 0) is 13.8 Å². The van der Waals surface area contributed by atoms with Crippen molar-refractivity contribution in [3.63, 3.8) is 0 Å². The van der Waals surface area contributed by atoms with E-state index in [-0.39, 0.29) is 24.0 Å². The number of nitrogens with zero attached hydrogens (tertiary/aromatic N) is 3. The number of aliphatic hydroxyl groups is 1. The number of morpholine rings is 1. The van der Waals surface area contributed by atoms with Crippen LogP contribution in [-0.4, -0.2) is 79.0 Å². The van der Waals surface area contributed by atoms with Crippen LogP contribution < -0.4 is 10.6 Å². The highest BCUT2D eigenvalue weighted by molar-refractivity contribution is 14.0. The predicted octanol–water partition coefficient (Wildman–Crippen LogP) is 2.07. The first-order valence-corrected chi connectivity index (χ1v) is 10.8. The molecule has 7 nitrogen and oxygen atoms in total. The fraction of sp³-hybridized carbons (Fsp3) is 0.789. The molecular formula is C19H36IN5O2S. The van der Waals surface area contributed by atoms with Gasteiger partial charge >= 0.3 is 0 Å². The average Bonchev–Trinajstić information content (AvgIpc) is 3.09. The lowest BCUT2D eigenvalue weighted by atomic mass is 10.1. The smallest absolute Gasteiger partial charge is 0.191 e. The molecule has 1 atom stereocenters. The quantitative estimate of drug-likeness (QED) is 0.260.